The summed E-state index contributed by atoms with van der Waals surface area (Å²) >= 11 is 0. The molecule has 2 N–H and O–H groups in total. The Kier molecular flexibility index (Phi) is 6.57. The Morgan fingerprint density at radius 3 is 2.67 bits per heavy atom. The van der Waals surface area contributed by atoms with Gasteiger partial charge in [0.05, 0.1) is 29.8 Å². The summed E-state index contributed by atoms with van der Waals surface area (Å²) in [6.07, 6.45) is 2.39. The van der Waals surface area contributed by atoms with Gasteiger partial charge < -0.3 is 19.8 Å². The van der Waals surface area contributed by atoms with Crippen molar-refractivity contribution in [3.8, 4) is 11.3 Å². The molecule has 1 unspecified atom stereocenters. The number of pyridine rings is 1. The summed E-state index contributed by atoms with van der Waals surface area (Å²) < 4.78 is 11.8. The minimum absolute atomic E-state index is 0.0144. The number of rotatable bonds is 6. The third-order valence-electron chi connectivity index (χ3n) is 6.55. The van der Waals surface area contributed by atoms with E-state index in [1.54, 1.807) is 19.2 Å². The zero-order valence-electron chi connectivity index (χ0n) is 20.6. The molecular formula is C29H29N3O4. The molecule has 4 aromatic rings. The van der Waals surface area contributed by atoms with Crippen LogP contribution in [0.5, 0.6) is 0 Å². The highest BCUT2D eigenvalue weighted by molar-refractivity contribution is 5.98. The molecule has 2 aromatic carbocycles. The lowest BCUT2D eigenvalue weighted by atomic mass is 9.98. The molecule has 1 aliphatic heterocycles. The van der Waals surface area contributed by atoms with Crippen LogP contribution in [-0.2, 0) is 4.74 Å². The van der Waals surface area contributed by atoms with Gasteiger partial charge in [-0.3, -0.25) is 9.59 Å². The second kappa shape index (κ2) is 9.95. The lowest BCUT2D eigenvalue weighted by Gasteiger charge is -2.20. The molecule has 0 bridgehead atoms. The Bertz CT molecular complexity index is 1470. The molecule has 0 aliphatic carbocycles. The number of hydrogen-bond donors (Lipinski definition) is 2. The van der Waals surface area contributed by atoms with Gasteiger partial charge in [0, 0.05) is 29.5 Å². The highest BCUT2D eigenvalue weighted by atomic mass is 16.5. The van der Waals surface area contributed by atoms with Crippen molar-refractivity contribution in [2.45, 2.75) is 39.3 Å². The van der Waals surface area contributed by atoms with E-state index in [1.807, 2.05) is 62.4 Å². The third kappa shape index (κ3) is 4.62. The smallest absolute Gasteiger partial charge is 0.272 e. The van der Waals surface area contributed by atoms with Crippen molar-refractivity contribution < 1.29 is 13.9 Å². The second-order valence-corrected chi connectivity index (χ2v) is 9.28. The van der Waals surface area contributed by atoms with Crippen LogP contribution in [0.25, 0.3) is 22.3 Å². The number of aryl methyl sites for hydroxylation is 1. The summed E-state index contributed by atoms with van der Waals surface area (Å²) in [5, 5.41) is 6.97. The summed E-state index contributed by atoms with van der Waals surface area (Å²) in [6, 6.07) is 16.9. The van der Waals surface area contributed by atoms with E-state index in [4.69, 9.17) is 9.15 Å². The summed E-state index contributed by atoms with van der Waals surface area (Å²) in [7, 11) is 0. The molecule has 184 valence electrons. The van der Waals surface area contributed by atoms with Gasteiger partial charge in [-0.1, -0.05) is 36.4 Å². The number of benzene rings is 2. The monoisotopic (exact) mass is 483 g/mol. The third-order valence-corrected chi connectivity index (χ3v) is 6.55. The number of aromatic nitrogens is 1. The Hall–Kier alpha value is -3.97. The molecular weight excluding hydrogens is 454 g/mol. The highest BCUT2D eigenvalue weighted by Gasteiger charge is 2.23. The van der Waals surface area contributed by atoms with Gasteiger partial charge in [-0.15, -0.1) is 0 Å². The maximum absolute atomic E-state index is 13.4. The van der Waals surface area contributed by atoms with E-state index in [0.717, 1.165) is 23.1 Å². The van der Waals surface area contributed by atoms with E-state index < -0.39 is 0 Å². The van der Waals surface area contributed by atoms with Crippen LogP contribution >= 0.6 is 0 Å². The van der Waals surface area contributed by atoms with Crippen molar-refractivity contribution in [3.63, 3.8) is 0 Å². The lowest BCUT2D eigenvalue weighted by Crippen LogP contribution is -2.36. The molecule has 1 saturated heterocycles. The number of nitrogens with one attached hydrogen (secondary N) is 2. The maximum atomic E-state index is 13.4. The average Bonchev–Trinajstić information content (AvgIpc) is 3.40. The summed E-state index contributed by atoms with van der Waals surface area (Å²) in [5.41, 5.74) is 4.62. The van der Waals surface area contributed by atoms with Gasteiger partial charge in [0.15, 0.2) is 11.1 Å². The van der Waals surface area contributed by atoms with Gasteiger partial charge in [-0.05, 0) is 51.0 Å². The molecule has 2 aromatic heterocycles. The summed E-state index contributed by atoms with van der Waals surface area (Å²) in [5.74, 6) is 0.314. The van der Waals surface area contributed by atoms with E-state index in [2.05, 4.69) is 15.6 Å². The first-order valence-electron chi connectivity index (χ1n) is 12.2. The Labute approximate surface area is 209 Å². The van der Waals surface area contributed by atoms with Crippen LogP contribution in [-0.4, -0.2) is 30.1 Å². The molecule has 1 fully saturated rings. The second-order valence-electron chi connectivity index (χ2n) is 9.28. The molecule has 7 nitrogen and oxygen atoms in total. The molecule has 1 aliphatic rings. The van der Waals surface area contributed by atoms with Gasteiger partial charge in [0.1, 0.15) is 11.3 Å². The van der Waals surface area contributed by atoms with Crippen molar-refractivity contribution in [3.05, 3.63) is 93.4 Å². The van der Waals surface area contributed by atoms with Crippen LogP contribution < -0.4 is 16.1 Å². The lowest BCUT2D eigenvalue weighted by molar-refractivity contribution is 0.0925. The fraction of sp³-hybridized carbons (Fsp3) is 0.276. The first-order valence-corrected chi connectivity index (χ1v) is 12.2. The quantitative estimate of drug-likeness (QED) is 0.393. The van der Waals surface area contributed by atoms with Crippen LogP contribution in [0.1, 0.15) is 46.6 Å². The largest absolute Gasteiger partial charge is 0.455 e. The van der Waals surface area contributed by atoms with E-state index in [1.165, 1.54) is 0 Å². The minimum Gasteiger partial charge on any atom is -0.455 e. The van der Waals surface area contributed by atoms with Gasteiger partial charge in [0.25, 0.3) is 5.91 Å². The molecule has 1 amide bonds. The molecule has 5 rings (SSSR count). The number of amides is 1. The van der Waals surface area contributed by atoms with Crippen LogP contribution in [0.4, 0.5) is 5.69 Å². The van der Waals surface area contributed by atoms with Crippen molar-refractivity contribution in [2.75, 3.05) is 18.5 Å². The highest BCUT2D eigenvalue weighted by Crippen LogP contribution is 2.32. The Balaban J connectivity index is 1.54. The molecule has 7 heteroatoms. The standard InChI is InChI=1S/C29H29N3O4/c1-17-14-22(28-23(15-17)26(33)18(2)27(36-28)20-8-5-4-6-9-20)19(3)31-24-10-7-12-30-25(24)29(34)32-21-11-13-35-16-21/h4-10,12,14-15,19,21,31H,11,13,16H2,1-3H3,(H,32,34)/t19?,21-/m0/s1. The molecule has 3 heterocycles. The van der Waals surface area contributed by atoms with Crippen molar-refractivity contribution >= 4 is 22.6 Å². The topological polar surface area (TPSA) is 93.5 Å². The van der Waals surface area contributed by atoms with Gasteiger partial charge in [-0.25, -0.2) is 4.98 Å². The number of carbonyl (C=O) groups excluding carboxylic acids is 1. The Morgan fingerprint density at radius 1 is 1.11 bits per heavy atom. The van der Waals surface area contributed by atoms with Gasteiger partial charge in [0.2, 0.25) is 0 Å². The fourth-order valence-electron chi connectivity index (χ4n) is 4.67. The zero-order chi connectivity index (χ0) is 25.2. The van der Waals surface area contributed by atoms with Crippen molar-refractivity contribution in [1.82, 2.24) is 10.3 Å². The Morgan fingerprint density at radius 2 is 1.92 bits per heavy atom. The molecule has 36 heavy (non-hydrogen) atoms. The first kappa shape index (κ1) is 23.8. The molecule has 0 radical (unpaired) electrons. The SMILES string of the molecule is Cc1cc(C(C)Nc2cccnc2C(=O)N[C@H]2CCOC2)c2oc(-c3ccccc3)c(C)c(=O)c2c1. The number of ether oxygens (including phenoxy) is 1. The average molecular weight is 484 g/mol. The zero-order valence-corrected chi connectivity index (χ0v) is 20.6. The normalized spacial score (nSPS) is 16.1. The van der Waals surface area contributed by atoms with Crippen LogP contribution in [0.15, 0.2) is 70.0 Å². The number of carbonyl (C=O) groups is 1. The number of hydrogen-bond acceptors (Lipinski definition) is 6. The maximum Gasteiger partial charge on any atom is 0.272 e. The predicted octanol–water partition coefficient (Wildman–Crippen LogP) is 5.16. The number of fused-ring (bicyclic) bond motifs is 1. The van der Waals surface area contributed by atoms with Crippen LogP contribution in [0.3, 0.4) is 0 Å². The molecule has 0 saturated carbocycles. The summed E-state index contributed by atoms with van der Waals surface area (Å²) in [6.45, 7) is 6.89. The van der Waals surface area contributed by atoms with E-state index >= 15 is 0 Å². The van der Waals surface area contributed by atoms with Crippen molar-refractivity contribution in [2.24, 2.45) is 0 Å². The number of anilines is 1. The van der Waals surface area contributed by atoms with Crippen LogP contribution in [0.2, 0.25) is 0 Å². The van der Waals surface area contributed by atoms with E-state index in [0.29, 0.717) is 46.9 Å². The number of nitrogens with zero attached hydrogens (tertiary/aromatic N) is 1. The van der Waals surface area contributed by atoms with E-state index in [-0.39, 0.29) is 23.4 Å². The minimum atomic E-state index is -0.271. The van der Waals surface area contributed by atoms with Crippen LogP contribution in [0, 0.1) is 13.8 Å². The fourth-order valence-corrected chi connectivity index (χ4v) is 4.67. The molecule has 2 atom stereocenters. The van der Waals surface area contributed by atoms with Crippen molar-refractivity contribution in [1.29, 1.82) is 0 Å². The van der Waals surface area contributed by atoms with E-state index in [9.17, 15) is 9.59 Å². The molecule has 0 spiro atoms. The summed E-state index contributed by atoms with van der Waals surface area (Å²) in [4.78, 5) is 30.7. The van der Waals surface area contributed by atoms with Gasteiger partial charge >= 0.3 is 0 Å². The predicted molar refractivity (Wildman–Crippen MR) is 140 cm³/mol. The first-order chi connectivity index (χ1) is 17.4. The van der Waals surface area contributed by atoms with Gasteiger partial charge in [-0.2, -0.15) is 0 Å².